The fourth-order valence-corrected chi connectivity index (χ4v) is 1.77. The van der Waals surface area contributed by atoms with Gasteiger partial charge in [0.15, 0.2) is 5.82 Å². The molecule has 1 aromatic rings. The van der Waals surface area contributed by atoms with Crippen molar-refractivity contribution in [2.24, 2.45) is 0 Å². The minimum absolute atomic E-state index is 0.384. The molecular weight excluding hydrogens is 254 g/mol. The molecule has 1 rings (SSSR count). The van der Waals surface area contributed by atoms with Crippen molar-refractivity contribution in [3.05, 3.63) is 28.5 Å². The molecular formula is C7H3ClF2O4S. The molecule has 0 heterocycles. The van der Waals surface area contributed by atoms with E-state index in [1.54, 1.807) is 0 Å². The first-order valence-corrected chi connectivity index (χ1v) is 5.16. The number of hydrogen-bond donors (Lipinski definition) is 1. The van der Waals surface area contributed by atoms with Crippen LogP contribution in [0.2, 0.25) is 5.02 Å². The Morgan fingerprint density at radius 1 is 1.40 bits per heavy atom. The van der Waals surface area contributed by atoms with Crippen molar-refractivity contribution in [2.45, 2.75) is 4.90 Å². The van der Waals surface area contributed by atoms with Crippen LogP contribution in [0.25, 0.3) is 0 Å². The molecule has 0 aliphatic rings. The Morgan fingerprint density at radius 2 is 1.93 bits per heavy atom. The van der Waals surface area contributed by atoms with Crippen LogP contribution in [0.3, 0.4) is 0 Å². The molecule has 0 fully saturated rings. The highest BCUT2D eigenvalue weighted by atomic mass is 35.5. The van der Waals surface area contributed by atoms with Crippen molar-refractivity contribution in [1.82, 2.24) is 0 Å². The van der Waals surface area contributed by atoms with Crippen LogP contribution >= 0.6 is 11.6 Å². The van der Waals surface area contributed by atoms with Crippen LogP contribution < -0.4 is 0 Å². The first-order chi connectivity index (χ1) is 6.73. The largest absolute Gasteiger partial charge is 0.478 e. The first-order valence-electron chi connectivity index (χ1n) is 3.40. The Balaban J connectivity index is 3.63. The predicted molar refractivity (Wildman–Crippen MR) is 46.7 cm³/mol. The van der Waals surface area contributed by atoms with E-state index in [0.29, 0.717) is 12.1 Å². The number of carbonyl (C=O) groups is 1. The van der Waals surface area contributed by atoms with E-state index in [4.69, 9.17) is 16.7 Å². The highest BCUT2D eigenvalue weighted by Gasteiger charge is 2.24. The highest BCUT2D eigenvalue weighted by Crippen LogP contribution is 2.25. The number of halogens is 3. The molecule has 1 N–H and O–H groups in total. The van der Waals surface area contributed by atoms with Gasteiger partial charge in [0.1, 0.15) is 4.90 Å². The van der Waals surface area contributed by atoms with Crippen molar-refractivity contribution in [2.75, 3.05) is 0 Å². The van der Waals surface area contributed by atoms with Crippen LogP contribution in [0.15, 0.2) is 17.0 Å². The molecule has 0 spiro atoms. The van der Waals surface area contributed by atoms with Gasteiger partial charge in [-0.05, 0) is 12.1 Å². The van der Waals surface area contributed by atoms with Gasteiger partial charge in [-0.25, -0.2) is 9.18 Å². The first kappa shape index (κ1) is 11.9. The third-order valence-electron chi connectivity index (χ3n) is 1.50. The molecule has 4 nitrogen and oxygen atoms in total. The number of carboxylic acids is 1. The molecule has 8 heteroatoms. The van der Waals surface area contributed by atoms with Crippen LogP contribution in [-0.4, -0.2) is 19.5 Å². The van der Waals surface area contributed by atoms with Crippen LogP contribution in [0.1, 0.15) is 10.4 Å². The molecule has 0 aromatic heterocycles. The maximum Gasteiger partial charge on any atom is 0.338 e. The summed E-state index contributed by atoms with van der Waals surface area (Å²) in [6.45, 7) is 0. The third kappa shape index (κ3) is 2.42. The lowest BCUT2D eigenvalue weighted by Crippen LogP contribution is -2.06. The predicted octanol–water partition coefficient (Wildman–Crippen LogP) is 1.84. The minimum Gasteiger partial charge on any atom is -0.478 e. The van der Waals surface area contributed by atoms with Crippen molar-refractivity contribution >= 4 is 27.8 Å². The van der Waals surface area contributed by atoms with E-state index in [9.17, 15) is 21.5 Å². The van der Waals surface area contributed by atoms with E-state index < -0.39 is 32.5 Å². The third-order valence-corrected chi connectivity index (χ3v) is 2.54. The summed E-state index contributed by atoms with van der Waals surface area (Å²) in [5.41, 5.74) is -1.00. The van der Waals surface area contributed by atoms with E-state index in [1.807, 2.05) is 0 Å². The van der Waals surface area contributed by atoms with Gasteiger partial charge < -0.3 is 5.11 Å². The van der Waals surface area contributed by atoms with Gasteiger partial charge in [0.2, 0.25) is 0 Å². The molecule has 0 atom stereocenters. The summed E-state index contributed by atoms with van der Waals surface area (Å²) in [4.78, 5) is 9.06. The van der Waals surface area contributed by atoms with Gasteiger partial charge in [-0.15, -0.1) is 3.89 Å². The minimum atomic E-state index is -5.33. The summed E-state index contributed by atoms with van der Waals surface area (Å²) in [6.07, 6.45) is 0. The Bertz CT molecular complexity index is 526. The zero-order valence-electron chi connectivity index (χ0n) is 6.87. The van der Waals surface area contributed by atoms with Gasteiger partial charge in [-0.2, -0.15) is 8.42 Å². The molecule has 0 bridgehead atoms. The van der Waals surface area contributed by atoms with Crippen LogP contribution in [-0.2, 0) is 10.2 Å². The molecule has 0 unspecified atom stereocenters. The standard InChI is InChI=1S/C7H3ClF2O4S/c8-3-1-4(7(11)12)6(9)5(2-3)15(10,13)14/h1-2H,(H,11,12). The van der Waals surface area contributed by atoms with Crippen molar-refractivity contribution in [3.8, 4) is 0 Å². The topological polar surface area (TPSA) is 71.4 Å². The van der Waals surface area contributed by atoms with Crippen molar-refractivity contribution in [3.63, 3.8) is 0 Å². The van der Waals surface area contributed by atoms with Crippen molar-refractivity contribution < 1.29 is 26.6 Å². The zero-order valence-corrected chi connectivity index (χ0v) is 8.44. The van der Waals surface area contributed by atoms with E-state index in [0.717, 1.165) is 0 Å². The average Bonchev–Trinajstić information content (AvgIpc) is 2.06. The maximum absolute atomic E-state index is 13.1. The van der Waals surface area contributed by atoms with Gasteiger partial charge in [0.05, 0.1) is 5.56 Å². The molecule has 0 saturated heterocycles. The number of rotatable bonds is 2. The smallest absolute Gasteiger partial charge is 0.338 e. The van der Waals surface area contributed by atoms with E-state index in [2.05, 4.69) is 0 Å². The highest BCUT2D eigenvalue weighted by molar-refractivity contribution is 7.86. The van der Waals surface area contributed by atoms with E-state index >= 15 is 0 Å². The summed E-state index contributed by atoms with van der Waals surface area (Å²) in [5.74, 6) is -3.41. The molecule has 15 heavy (non-hydrogen) atoms. The van der Waals surface area contributed by atoms with Crippen LogP contribution in [0.5, 0.6) is 0 Å². The normalized spacial score (nSPS) is 11.4. The molecule has 0 aliphatic carbocycles. The van der Waals surface area contributed by atoms with Gasteiger partial charge in [0, 0.05) is 5.02 Å². The fourth-order valence-electron chi connectivity index (χ4n) is 0.897. The summed E-state index contributed by atoms with van der Waals surface area (Å²) < 4.78 is 46.5. The van der Waals surface area contributed by atoms with Gasteiger partial charge in [0.25, 0.3) is 0 Å². The maximum atomic E-state index is 13.1. The number of aromatic carboxylic acids is 1. The van der Waals surface area contributed by atoms with E-state index in [1.165, 1.54) is 0 Å². The molecule has 0 radical (unpaired) electrons. The Labute approximate surface area is 88.3 Å². The van der Waals surface area contributed by atoms with Crippen LogP contribution in [0, 0.1) is 5.82 Å². The molecule has 1 aromatic carbocycles. The molecule has 0 aliphatic heterocycles. The lowest BCUT2D eigenvalue weighted by Gasteiger charge is -2.02. The summed E-state index contributed by atoms with van der Waals surface area (Å²) in [7, 11) is -5.33. The second-order valence-electron chi connectivity index (χ2n) is 2.51. The second-order valence-corrected chi connectivity index (χ2v) is 4.26. The van der Waals surface area contributed by atoms with Crippen LogP contribution in [0.4, 0.5) is 8.28 Å². The Morgan fingerprint density at radius 3 is 2.33 bits per heavy atom. The zero-order chi connectivity index (χ0) is 11.8. The van der Waals surface area contributed by atoms with Gasteiger partial charge in [-0.1, -0.05) is 11.6 Å². The van der Waals surface area contributed by atoms with Crippen molar-refractivity contribution in [1.29, 1.82) is 0 Å². The summed E-state index contributed by atoms with van der Waals surface area (Å²) in [5, 5.41) is 8.08. The molecule has 0 amide bonds. The lowest BCUT2D eigenvalue weighted by molar-refractivity contribution is 0.0691. The van der Waals surface area contributed by atoms with Gasteiger partial charge >= 0.3 is 16.2 Å². The Hall–Kier alpha value is -1.21. The van der Waals surface area contributed by atoms with Gasteiger partial charge in [-0.3, -0.25) is 0 Å². The lowest BCUT2D eigenvalue weighted by atomic mass is 10.2. The summed E-state index contributed by atoms with van der Waals surface area (Å²) >= 11 is 5.31. The number of benzene rings is 1. The average molecular weight is 257 g/mol. The SMILES string of the molecule is O=C(O)c1cc(Cl)cc(S(=O)(=O)F)c1F. The number of hydrogen-bond acceptors (Lipinski definition) is 3. The fraction of sp³-hybridized carbons (Fsp3) is 0. The Kier molecular flexibility index (Phi) is 2.96. The quantitative estimate of drug-likeness (QED) is 0.820. The monoisotopic (exact) mass is 256 g/mol. The summed E-state index contributed by atoms with van der Waals surface area (Å²) in [6, 6.07) is 1.19. The second kappa shape index (κ2) is 3.74. The van der Waals surface area contributed by atoms with E-state index in [-0.39, 0.29) is 5.02 Å². The molecule has 0 saturated carbocycles. The molecule has 82 valence electrons. The number of carboxylic acid groups (broad SMARTS) is 1.